The molecular formula is C28H40FN3O2. The normalized spacial score (nSPS) is 19.0. The zero-order chi connectivity index (χ0) is 24.8. The minimum atomic E-state index is -0.218. The van der Waals surface area contributed by atoms with Crippen LogP contribution in [0.2, 0.25) is 0 Å². The van der Waals surface area contributed by atoms with Crippen molar-refractivity contribution in [2.75, 3.05) is 32.8 Å². The Morgan fingerprint density at radius 3 is 2.35 bits per heavy atom. The third-order valence-corrected chi connectivity index (χ3v) is 7.01. The number of nitrogens with zero attached hydrogens (tertiary/aromatic N) is 3. The Kier molecular flexibility index (Phi) is 9.09. The van der Waals surface area contributed by atoms with Gasteiger partial charge in [0.15, 0.2) is 6.61 Å². The average molecular weight is 470 g/mol. The van der Waals surface area contributed by atoms with Gasteiger partial charge in [0, 0.05) is 38.3 Å². The topological polar surface area (TPSA) is 36.0 Å². The fourth-order valence-corrected chi connectivity index (χ4v) is 4.68. The van der Waals surface area contributed by atoms with Gasteiger partial charge in [-0.3, -0.25) is 14.6 Å². The summed E-state index contributed by atoms with van der Waals surface area (Å²) in [5.74, 6) is 0.583. The molecule has 0 spiro atoms. The van der Waals surface area contributed by atoms with Crippen molar-refractivity contribution < 1.29 is 13.9 Å². The molecule has 5 nitrogen and oxygen atoms in total. The zero-order valence-electron chi connectivity index (χ0n) is 21.6. The first-order valence-electron chi connectivity index (χ1n) is 12.4. The van der Waals surface area contributed by atoms with Gasteiger partial charge in [0.2, 0.25) is 0 Å². The van der Waals surface area contributed by atoms with Crippen molar-refractivity contribution in [1.29, 1.82) is 0 Å². The van der Waals surface area contributed by atoms with E-state index in [1.54, 1.807) is 0 Å². The lowest BCUT2D eigenvalue weighted by atomic mass is 10.0. The number of piperazine rings is 1. The van der Waals surface area contributed by atoms with Gasteiger partial charge in [0.1, 0.15) is 11.6 Å². The summed E-state index contributed by atoms with van der Waals surface area (Å²) in [4.78, 5) is 19.7. The third kappa shape index (κ3) is 6.57. The molecule has 3 rings (SSSR count). The van der Waals surface area contributed by atoms with Crippen molar-refractivity contribution in [3.63, 3.8) is 0 Å². The molecule has 1 amide bonds. The van der Waals surface area contributed by atoms with Crippen LogP contribution in [0.3, 0.4) is 0 Å². The molecule has 2 unspecified atom stereocenters. The molecule has 0 saturated carbocycles. The van der Waals surface area contributed by atoms with Gasteiger partial charge in [-0.1, -0.05) is 32.0 Å². The zero-order valence-corrected chi connectivity index (χ0v) is 21.6. The van der Waals surface area contributed by atoms with E-state index in [9.17, 15) is 9.18 Å². The van der Waals surface area contributed by atoms with Crippen LogP contribution < -0.4 is 4.74 Å². The molecule has 1 heterocycles. The average Bonchev–Trinajstić information content (AvgIpc) is 2.81. The maximum absolute atomic E-state index is 13.2. The first-order chi connectivity index (χ1) is 16.2. The number of hydrogen-bond donors (Lipinski definition) is 0. The molecule has 0 aliphatic carbocycles. The largest absolute Gasteiger partial charge is 0.483 e. The Labute approximate surface area is 204 Å². The van der Waals surface area contributed by atoms with Crippen molar-refractivity contribution >= 4 is 5.91 Å². The summed E-state index contributed by atoms with van der Waals surface area (Å²) in [6.45, 7) is 17.9. The summed E-state index contributed by atoms with van der Waals surface area (Å²) in [7, 11) is 0. The van der Waals surface area contributed by atoms with E-state index in [2.05, 4.69) is 56.6 Å². The van der Waals surface area contributed by atoms with Crippen LogP contribution in [0.15, 0.2) is 36.4 Å². The molecule has 1 aliphatic rings. The maximum atomic E-state index is 13.2. The molecule has 0 bridgehead atoms. The molecular weight excluding hydrogens is 429 g/mol. The summed E-state index contributed by atoms with van der Waals surface area (Å²) in [6.07, 6.45) is 0. The van der Waals surface area contributed by atoms with Crippen LogP contribution in [0, 0.1) is 19.7 Å². The van der Waals surface area contributed by atoms with Crippen molar-refractivity contribution in [1.82, 2.24) is 14.7 Å². The number of rotatable bonds is 9. The first-order valence-corrected chi connectivity index (χ1v) is 12.4. The van der Waals surface area contributed by atoms with Crippen molar-refractivity contribution in [3.05, 3.63) is 64.5 Å². The Morgan fingerprint density at radius 1 is 1.03 bits per heavy atom. The number of carbonyl (C=O) groups excluding carboxylic acids is 1. The van der Waals surface area contributed by atoms with E-state index in [1.165, 1.54) is 23.3 Å². The molecule has 2 aromatic rings. The molecule has 1 aliphatic heterocycles. The lowest BCUT2D eigenvalue weighted by molar-refractivity contribution is -0.139. The standard InChI is InChI=1S/C28H40FN3O2/c1-7-30(8-2)18-25-13-21(4)27(14-20(25)3)34-19-28(33)32-16-22(5)31(15-23(32)6)17-24-9-11-26(29)12-10-24/h9-14,22-23H,7-8,15-19H2,1-6H3. The van der Waals surface area contributed by atoms with Crippen molar-refractivity contribution in [2.24, 2.45) is 0 Å². The second-order valence-corrected chi connectivity index (χ2v) is 9.59. The summed E-state index contributed by atoms with van der Waals surface area (Å²) >= 11 is 0. The first kappa shape index (κ1) is 26.2. The van der Waals surface area contributed by atoms with E-state index in [4.69, 9.17) is 4.74 Å². The minimum Gasteiger partial charge on any atom is -0.483 e. The fraction of sp³-hybridized carbons (Fsp3) is 0.536. The van der Waals surface area contributed by atoms with Crippen LogP contribution in [0.4, 0.5) is 4.39 Å². The molecule has 2 aromatic carbocycles. The highest BCUT2D eigenvalue weighted by molar-refractivity contribution is 5.78. The molecule has 0 aromatic heterocycles. The predicted molar refractivity (Wildman–Crippen MR) is 135 cm³/mol. The summed E-state index contributed by atoms with van der Waals surface area (Å²) in [5.41, 5.74) is 4.64. The predicted octanol–water partition coefficient (Wildman–Crippen LogP) is 4.78. The molecule has 0 N–H and O–H groups in total. The molecule has 0 radical (unpaired) electrons. The van der Waals surface area contributed by atoms with Gasteiger partial charge in [-0.15, -0.1) is 0 Å². The number of halogens is 1. The summed E-state index contributed by atoms with van der Waals surface area (Å²) in [6, 6.07) is 11.2. The SMILES string of the molecule is CCN(CC)Cc1cc(C)c(OCC(=O)N2CC(C)N(Cc3ccc(F)cc3)CC2C)cc1C. The van der Waals surface area contributed by atoms with Gasteiger partial charge >= 0.3 is 0 Å². The highest BCUT2D eigenvalue weighted by atomic mass is 19.1. The van der Waals surface area contributed by atoms with Crippen LogP contribution >= 0.6 is 0 Å². The number of hydrogen-bond acceptors (Lipinski definition) is 4. The highest BCUT2D eigenvalue weighted by Gasteiger charge is 2.32. The highest BCUT2D eigenvalue weighted by Crippen LogP contribution is 2.25. The third-order valence-electron chi connectivity index (χ3n) is 7.01. The number of ether oxygens (including phenoxy) is 1. The van der Waals surface area contributed by atoms with Gasteiger partial charge in [0.05, 0.1) is 0 Å². The Hall–Kier alpha value is -2.44. The smallest absolute Gasteiger partial charge is 0.260 e. The van der Waals surface area contributed by atoms with Crippen LogP contribution in [0.5, 0.6) is 5.75 Å². The molecule has 186 valence electrons. The quantitative estimate of drug-likeness (QED) is 0.529. The van der Waals surface area contributed by atoms with E-state index in [1.807, 2.05) is 24.0 Å². The Morgan fingerprint density at radius 2 is 1.71 bits per heavy atom. The molecule has 1 saturated heterocycles. The molecule has 2 atom stereocenters. The van der Waals surface area contributed by atoms with E-state index in [0.717, 1.165) is 49.6 Å². The number of amides is 1. The number of benzene rings is 2. The van der Waals surface area contributed by atoms with Gasteiger partial charge in [-0.2, -0.15) is 0 Å². The van der Waals surface area contributed by atoms with E-state index in [0.29, 0.717) is 6.54 Å². The Bertz CT molecular complexity index is 959. The van der Waals surface area contributed by atoms with Crippen LogP contribution in [0.1, 0.15) is 49.9 Å². The molecule has 1 fully saturated rings. The van der Waals surface area contributed by atoms with Gasteiger partial charge in [-0.25, -0.2) is 4.39 Å². The van der Waals surface area contributed by atoms with E-state index in [-0.39, 0.29) is 30.4 Å². The second kappa shape index (κ2) is 11.8. The lowest BCUT2D eigenvalue weighted by Gasteiger charge is -2.44. The summed E-state index contributed by atoms with van der Waals surface area (Å²) < 4.78 is 19.2. The maximum Gasteiger partial charge on any atom is 0.260 e. The number of carbonyl (C=O) groups is 1. The minimum absolute atomic E-state index is 0.0186. The molecule has 34 heavy (non-hydrogen) atoms. The number of aryl methyl sites for hydroxylation is 2. The second-order valence-electron chi connectivity index (χ2n) is 9.59. The van der Waals surface area contributed by atoms with Crippen LogP contribution in [0.25, 0.3) is 0 Å². The van der Waals surface area contributed by atoms with E-state index < -0.39 is 0 Å². The van der Waals surface area contributed by atoms with Gasteiger partial charge < -0.3 is 9.64 Å². The van der Waals surface area contributed by atoms with Crippen molar-refractivity contribution in [2.45, 2.75) is 66.7 Å². The summed E-state index contributed by atoms with van der Waals surface area (Å²) in [5, 5.41) is 0. The van der Waals surface area contributed by atoms with Crippen molar-refractivity contribution in [3.8, 4) is 5.75 Å². The van der Waals surface area contributed by atoms with Crippen LogP contribution in [-0.2, 0) is 17.9 Å². The Balaban J connectivity index is 1.57. The van der Waals surface area contributed by atoms with Crippen LogP contribution in [-0.4, -0.2) is 65.5 Å². The fourth-order valence-electron chi connectivity index (χ4n) is 4.68. The van der Waals surface area contributed by atoms with Gasteiger partial charge in [0.25, 0.3) is 5.91 Å². The lowest BCUT2D eigenvalue weighted by Crippen LogP contribution is -2.58. The monoisotopic (exact) mass is 469 g/mol. The molecule has 6 heteroatoms. The van der Waals surface area contributed by atoms with E-state index >= 15 is 0 Å². The van der Waals surface area contributed by atoms with Gasteiger partial charge in [-0.05, 0) is 81.2 Å².